The molecule has 0 aromatic heterocycles. The number of aliphatic imine (C=N–C) groups is 1. The predicted molar refractivity (Wildman–Crippen MR) is 95.5 cm³/mol. The molecule has 2 aromatic rings. The van der Waals surface area contributed by atoms with E-state index in [-0.39, 0.29) is 5.97 Å². The molecular weight excluding hydrogens is 306 g/mol. The molecule has 0 bridgehead atoms. The van der Waals surface area contributed by atoms with Gasteiger partial charge in [0.2, 0.25) is 8.32 Å². The summed E-state index contributed by atoms with van der Waals surface area (Å²) in [5, 5.41) is 0. The van der Waals surface area contributed by atoms with Crippen LogP contribution in [-0.2, 0) is 4.43 Å². The van der Waals surface area contributed by atoms with Gasteiger partial charge in [0.1, 0.15) is 5.75 Å². The summed E-state index contributed by atoms with van der Waals surface area (Å²) in [6.45, 7) is 5.95. The molecule has 2 rings (SSSR count). The van der Waals surface area contributed by atoms with E-state index in [0.717, 1.165) is 17.0 Å². The van der Waals surface area contributed by atoms with Gasteiger partial charge in [-0.2, -0.15) is 0 Å². The van der Waals surface area contributed by atoms with Crippen molar-refractivity contribution in [3.05, 3.63) is 59.7 Å². The van der Waals surface area contributed by atoms with Crippen molar-refractivity contribution in [2.75, 3.05) is 7.11 Å². The van der Waals surface area contributed by atoms with Crippen LogP contribution in [0.4, 0.5) is 5.69 Å². The Morgan fingerprint density at radius 2 is 1.61 bits per heavy atom. The van der Waals surface area contributed by atoms with Gasteiger partial charge in [0.25, 0.3) is 0 Å². The molecule has 0 spiro atoms. The summed E-state index contributed by atoms with van der Waals surface area (Å²) in [5.41, 5.74) is 2.31. The molecule has 0 unspecified atom stereocenters. The van der Waals surface area contributed by atoms with Crippen LogP contribution in [0.25, 0.3) is 0 Å². The Morgan fingerprint density at radius 1 is 1.00 bits per heavy atom. The molecule has 0 aliphatic carbocycles. The molecule has 0 heterocycles. The molecule has 4 nitrogen and oxygen atoms in total. The van der Waals surface area contributed by atoms with Crippen molar-refractivity contribution in [3.8, 4) is 5.75 Å². The van der Waals surface area contributed by atoms with Crippen molar-refractivity contribution < 1.29 is 14.0 Å². The highest BCUT2D eigenvalue weighted by Gasteiger charge is 2.20. The van der Waals surface area contributed by atoms with Gasteiger partial charge >= 0.3 is 5.97 Å². The lowest BCUT2D eigenvalue weighted by Gasteiger charge is -2.17. The lowest BCUT2D eigenvalue weighted by atomic mass is 10.2. The summed E-state index contributed by atoms with van der Waals surface area (Å²) >= 11 is 0. The Bertz CT molecular complexity index is 686. The Hall–Kier alpha value is -2.40. The maximum Gasteiger partial charge on any atom is 0.324 e. The molecular formula is C18H21NO3Si. The number of nitrogens with zero attached hydrogens (tertiary/aromatic N) is 1. The average molecular weight is 327 g/mol. The normalized spacial score (nSPS) is 11.5. The van der Waals surface area contributed by atoms with Crippen molar-refractivity contribution in [2.24, 2.45) is 4.99 Å². The van der Waals surface area contributed by atoms with E-state index in [9.17, 15) is 4.79 Å². The third-order valence-electron chi connectivity index (χ3n) is 2.98. The van der Waals surface area contributed by atoms with Crippen molar-refractivity contribution in [3.63, 3.8) is 0 Å². The van der Waals surface area contributed by atoms with E-state index in [1.54, 1.807) is 37.6 Å². The van der Waals surface area contributed by atoms with E-state index in [1.807, 2.05) is 43.9 Å². The second kappa shape index (κ2) is 7.24. The molecule has 0 aliphatic rings. The first kappa shape index (κ1) is 17.0. The van der Waals surface area contributed by atoms with E-state index in [0.29, 0.717) is 5.56 Å². The topological polar surface area (TPSA) is 47.9 Å². The van der Waals surface area contributed by atoms with E-state index < -0.39 is 8.32 Å². The molecule has 0 fully saturated rings. The highest BCUT2D eigenvalue weighted by molar-refractivity contribution is 6.71. The Morgan fingerprint density at radius 3 is 2.13 bits per heavy atom. The number of benzene rings is 2. The van der Waals surface area contributed by atoms with Gasteiger partial charge in [-0.25, -0.2) is 4.79 Å². The van der Waals surface area contributed by atoms with Gasteiger partial charge in [0, 0.05) is 6.21 Å². The number of hydrogen-bond donors (Lipinski definition) is 0. The number of carbonyl (C=O) groups is 1. The summed E-state index contributed by atoms with van der Waals surface area (Å²) < 4.78 is 10.6. The molecule has 0 saturated heterocycles. The molecule has 0 aliphatic heterocycles. The van der Waals surface area contributed by atoms with Crippen molar-refractivity contribution in [2.45, 2.75) is 19.6 Å². The zero-order valence-electron chi connectivity index (χ0n) is 13.9. The number of rotatable bonds is 5. The van der Waals surface area contributed by atoms with E-state index >= 15 is 0 Å². The molecule has 120 valence electrons. The SMILES string of the molecule is COc1ccc(C=Nc2ccc(C(=O)O[Si](C)(C)C)cc2)cc1. The van der Waals surface area contributed by atoms with Gasteiger partial charge in [-0.1, -0.05) is 0 Å². The molecule has 0 atom stereocenters. The van der Waals surface area contributed by atoms with Crippen LogP contribution >= 0.6 is 0 Å². The molecule has 2 aromatic carbocycles. The lowest BCUT2D eigenvalue weighted by Crippen LogP contribution is -2.29. The van der Waals surface area contributed by atoms with Crippen LogP contribution in [0.3, 0.4) is 0 Å². The average Bonchev–Trinajstić information content (AvgIpc) is 2.52. The molecule has 0 N–H and O–H groups in total. The van der Waals surface area contributed by atoms with Crippen LogP contribution in [0.15, 0.2) is 53.5 Å². The fraction of sp³-hybridized carbons (Fsp3) is 0.222. The van der Waals surface area contributed by atoms with E-state index in [4.69, 9.17) is 9.16 Å². The maximum absolute atomic E-state index is 12.0. The van der Waals surface area contributed by atoms with Crippen LogP contribution < -0.4 is 4.74 Å². The van der Waals surface area contributed by atoms with Gasteiger partial charge in [-0.15, -0.1) is 0 Å². The van der Waals surface area contributed by atoms with E-state index in [1.165, 1.54) is 0 Å². The lowest BCUT2D eigenvalue weighted by molar-refractivity contribution is 0.0724. The number of carbonyl (C=O) groups excluding carboxylic acids is 1. The Labute approximate surface area is 137 Å². The van der Waals surface area contributed by atoms with Crippen molar-refractivity contribution in [1.82, 2.24) is 0 Å². The van der Waals surface area contributed by atoms with Crippen LogP contribution in [0, 0.1) is 0 Å². The highest BCUT2D eigenvalue weighted by Crippen LogP contribution is 2.16. The van der Waals surface area contributed by atoms with Gasteiger partial charge in [0.05, 0.1) is 18.4 Å². The smallest absolute Gasteiger partial charge is 0.324 e. The number of ether oxygens (including phenoxy) is 1. The molecule has 0 saturated carbocycles. The molecule has 0 radical (unpaired) electrons. The van der Waals surface area contributed by atoms with E-state index in [2.05, 4.69) is 4.99 Å². The third kappa shape index (κ3) is 5.38. The number of hydrogen-bond acceptors (Lipinski definition) is 4. The van der Waals surface area contributed by atoms with Crippen LogP contribution in [0.5, 0.6) is 5.75 Å². The second-order valence-electron chi connectivity index (χ2n) is 6.08. The largest absolute Gasteiger partial charge is 0.516 e. The van der Waals surface area contributed by atoms with Gasteiger partial charge in [-0.3, -0.25) is 4.99 Å². The summed E-state index contributed by atoms with van der Waals surface area (Å²) in [6.07, 6.45) is 1.77. The predicted octanol–water partition coefficient (Wildman–Crippen LogP) is 4.44. The quantitative estimate of drug-likeness (QED) is 0.602. The fourth-order valence-corrected chi connectivity index (χ4v) is 2.53. The first-order valence-corrected chi connectivity index (χ1v) is 10.8. The van der Waals surface area contributed by atoms with Crippen molar-refractivity contribution in [1.29, 1.82) is 0 Å². The standard InChI is InChI=1S/C18H21NO3Si/c1-21-17-11-5-14(6-12-17)13-19-16-9-7-15(8-10-16)18(20)22-23(2,3)4/h5-13H,1-4H3. The first-order valence-electron chi connectivity index (χ1n) is 7.39. The minimum absolute atomic E-state index is 0.269. The monoisotopic (exact) mass is 327 g/mol. The van der Waals surface area contributed by atoms with Crippen LogP contribution in [0.1, 0.15) is 15.9 Å². The molecule has 23 heavy (non-hydrogen) atoms. The minimum Gasteiger partial charge on any atom is -0.516 e. The maximum atomic E-state index is 12.0. The summed E-state index contributed by atoms with van der Waals surface area (Å²) in [7, 11) is -0.237. The Kier molecular flexibility index (Phi) is 5.34. The summed E-state index contributed by atoms with van der Waals surface area (Å²) in [6, 6.07) is 14.7. The molecule has 5 heteroatoms. The van der Waals surface area contributed by atoms with Crippen molar-refractivity contribution >= 4 is 26.2 Å². The Balaban J connectivity index is 2.04. The number of methoxy groups -OCH3 is 1. The van der Waals surface area contributed by atoms with Gasteiger partial charge in [-0.05, 0) is 73.7 Å². The zero-order chi connectivity index (χ0) is 16.9. The summed E-state index contributed by atoms with van der Waals surface area (Å²) in [4.78, 5) is 16.4. The fourth-order valence-electron chi connectivity index (χ4n) is 1.86. The van der Waals surface area contributed by atoms with Gasteiger partial charge in [0.15, 0.2) is 0 Å². The zero-order valence-corrected chi connectivity index (χ0v) is 14.9. The second-order valence-corrected chi connectivity index (χ2v) is 10.5. The van der Waals surface area contributed by atoms with Crippen LogP contribution in [-0.4, -0.2) is 27.6 Å². The third-order valence-corrected chi connectivity index (χ3v) is 3.78. The molecule has 0 amide bonds. The summed E-state index contributed by atoms with van der Waals surface area (Å²) in [5.74, 6) is 0.544. The first-order chi connectivity index (χ1) is 10.9. The van der Waals surface area contributed by atoms with Gasteiger partial charge < -0.3 is 9.16 Å². The van der Waals surface area contributed by atoms with Crippen LogP contribution in [0.2, 0.25) is 19.6 Å². The highest BCUT2D eigenvalue weighted by atomic mass is 28.4. The minimum atomic E-state index is -1.87.